The zero-order chi connectivity index (χ0) is 13.9. The highest BCUT2D eigenvalue weighted by atomic mass is 16.5. The molecule has 2 nitrogen and oxygen atoms in total. The van der Waals surface area contributed by atoms with Gasteiger partial charge in [-0.15, -0.1) is 0 Å². The molecule has 3 rings (SSSR count). The summed E-state index contributed by atoms with van der Waals surface area (Å²) in [4.78, 5) is 12.7. The molecule has 0 bridgehead atoms. The number of benzene rings is 1. The van der Waals surface area contributed by atoms with Gasteiger partial charge in [0.25, 0.3) is 0 Å². The lowest BCUT2D eigenvalue weighted by molar-refractivity contribution is 0.0889. The summed E-state index contributed by atoms with van der Waals surface area (Å²) in [5.41, 5.74) is 3.28. The van der Waals surface area contributed by atoms with Gasteiger partial charge in [0, 0.05) is 11.5 Å². The molecule has 1 fully saturated rings. The Morgan fingerprint density at radius 2 is 1.90 bits per heavy atom. The Morgan fingerprint density at radius 1 is 1.10 bits per heavy atom. The van der Waals surface area contributed by atoms with Gasteiger partial charge in [0.1, 0.15) is 5.75 Å². The first-order valence-corrected chi connectivity index (χ1v) is 8.06. The summed E-state index contributed by atoms with van der Waals surface area (Å²) in [5.74, 6) is 1.65. The molecule has 0 spiro atoms. The van der Waals surface area contributed by atoms with Crippen molar-refractivity contribution in [3.8, 4) is 5.75 Å². The summed E-state index contributed by atoms with van der Waals surface area (Å²) in [7, 11) is 0. The summed E-state index contributed by atoms with van der Waals surface area (Å²) in [6.45, 7) is 2.88. The molecule has 0 atom stereocenters. The number of aryl methyl sites for hydroxylation is 2. The number of hydrogen-bond acceptors (Lipinski definition) is 2. The summed E-state index contributed by atoms with van der Waals surface area (Å²) in [6.07, 6.45) is 9.18. The Bertz CT molecular complexity index is 498. The number of rotatable bonds is 2. The second-order valence-corrected chi connectivity index (χ2v) is 6.29. The van der Waals surface area contributed by atoms with Crippen LogP contribution in [-0.4, -0.2) is 12.4 Å². The van der Waals surface area contributed by atoms with E-state index in [9.17, 15) is 4.79 Å². The molecule has 1 aliphatic heterocycles. The number of carbonyl (C=O) groups excluding carboxylic acids is 1. The van der Waals surface area contributed by atoms with Crippen molar-refractivity contribution in [2.45, 2.75) is 58.3 Å². The molecule has 2 heteroatoms. The predicted molar refractivity (Wildman–Crippen MR) is 80.5 cm³/mol. The van der Waals surface area contributed by atoms with E-state index < -0.39 is 0 Å². The molecule has 0 amide bonds. The summed E-state index contributed by atoms with van der Waals surface area (Å²) in [5, 5.41) is 0. The first-order chi connectivity index (χ1) is 9.75. The van der Waals surface area contributed by atoms with Gasteiger partial charge in [-0.2, -0.15) is 0 Å². The van der Waals surface area contributed by atoms with Crippen LogP contribution in [-0.2, 0) is 6.42 Å². The highest BCUT2D eigenvalue weighted by Gasteiger charge is 2.24. The lowest BCUT2D eigenvalue weighted by atomic mass is 9.83. The number of Topliss-reactive ketones (excluding diaryl/α,β-unsaturated/α-hetero) is 1. The highest BCUT2D eigenvalue weighted by molar-refractivity contribution is 5.98. The third-order valence-electron chi connectivity index (χ3n) is 4.70. The minimum absolute atomic E-state index is 0.257. The molecule has 0 aromatic heterocycles. The van der Waals surface area contributed by atoms with Gasteiger partial charge >= 0.3 is 0 Å². The molecule has 1 heterocycles. The largest absolute Gasteiger partial charge is 0.493 e. The molecule has 0 radical (unpaired) electrons. The average Bonchev–Trinajstić information content (AvgIpc) is 2.73. The Kier molecular flexibility index (Phi) is 4.09. The molecule has 20 heavy (non-hydrogen) atoms. The van der Waals surface area contributed by atoms with Gasteiger partial charge in [0.05, 0.1) is 6.61 Å². The fourth-order valence-electron chi connectivity index (χ4n) is 3.57. The maximum absolute atomic E-state index is 12.7. The number of ketones is 1. The van der Waals surface area contributed by atoms with Gasteiger partial charge in [0.15, 0.2) is 5.78 Å². The molecular weight excluding hydrogens is 248 g/mol. The van der Waals surface area contributed by atoms with E-state index in [-0.39, 0.29) is 5.92 Å². The minimum atomic E-state index is 0.257. The van der Waals surface area contributed by atoms with E-state index in [1.807, 2.05) is 6.07 Å². The van der Waals surface area contributed by atoms with Crippen molar-refractivity contribution in [1.29, 1.82) is 0 Å². The topological polar surface area (TPSA) is 26.3 Å². The van der Waals surface area contributed by atoms with E-state index in [0.717, 1.165) is 55.6 Å². The Balaban J connectivity index is 1.88. The van der Waals surface area contributed by atoms with Gasteiger partial charge in [0.2, 0.25) is 0 Å². The lowest BCUT2D eigenvalue weighted by Gasteiger charge is -2.21. The molecule has 1 aliphatic carbocycles. The van der Waals surface area contributed by atoms with Gasteiger partial charge in [-0.1, -0.05) is 19.3 Å². The minimum Gasteiger partial charge on any atom is -0.493 e. The van der Waals surface area contributed by atoms with E-state index >= 15 is 0 Å². The van der Waals surface area contributed by atoms with Crippen LogP contribution in [0.15, 0.2) is 12.1 Å². The molecule has 1 saturated carbocycles. The van der Waals surface area contributed by atoms with Crippen molar-refractivity contribution >= 4 is 5.78 Å². The molecule has 0 unspecified atom stereocenters. The van der Waals surface area contributed by atoms with Crippen molar-refractivity contribution in [2.75, 3.05) is 6.61 Å². The van der Waals surface area contributed by atoms with E-state index in [2.05, 4.69) is 13.0 Å². The van der Waals surface area contributed by atoms with Gasteiger partial charge in [-0.05, 0) is 62.3 Å². The van der Waals surface area contributed by atoms with Gasteiger partial charge < -0.3 is 4.74 Å². The SMILES string of the molecule is Cc1cc(C(=O)C2CCCCC2)cc2c1OCCCC2. The molecule has 1 aromatic carbocycles. The standard InChI is InChI=1S/C18H24O2/c1-13-11-16(17(19)14-7-3-2-4-8-14)12-15-9-5-6-10-20-18(13)15/h11-12,14H,2-10H2,1H3. The van der Waals surface area contributed by atoms with Crippen LogP contribution in [0.4, 0.5) is 0 Å². The normalized spacial score (nSPS) is 19.9. The van der Waals surface area contributed by atoms with Crippen molar-refractivity contribution < 1.29 is 9.53 Å². The van der Waals surface area contributed by atoms with Crippen LogP contribution in [0.1, 0.15) is 66.4 Å². The second-order valence-electron chi connectivity index (χ2n) is 6.29. The van der Waals surface area contributed by atoms with Crippen LogP contribution in [0.2, 0.25) is 0 Å². The Labute approximate surface area is 121 Å². The van der Waals surface area contributed by atoms with Crippen LogP contribution in [0.5, 0.6) is 5.75 Å². The van der Waals surface area contributed by atoms with E-state index in [4.69, 9.17) is 4.74 Å². The smallest absolute Gasteiger partial charge is 0.165 e. The highest BCUT2D eigenvalue weighted by Crippen LogP contribution is 2.32. The third kappa shape index (κ3) is 2.74. The quantitative estimate of drug-likeness (QED) is 0.742. The van der Waals surface area contributed by atoms with E-state index in [1.165, 1.54) is 24.8 Å². The van der Waals surface area contributed by atoms with Crippen molar-refractivity contribution in [1.82, 2.24) is 0 Å². The Hall–Kier alpha value is -1.31. The van der Waals surface area contributed by atoms with Crippen LogP contribution in [0.3, 0.4) is 0 Å². The maximum Gasteiger partial charge on any atom is 0.165 e. The zero-order valence-electron chi connectivity index (χ0n) is 12.4. The number of fused-ring (bicyclic) bond motifs is 1. The first-order valence-electron chi connectivity index (χ1n) is 8.06. The van der Waals surface area contributed by atoms with Crippen LogP contribution in [0.25, 0.3) is 0 Å². The van der Waals surface area contributed by atoms with Crippen LogP contribution >= 0.6 is 0 Å². The molecule has 108 valence electrons. The zero-order valence-corrected chi connectivity index (χ0v) is 12.4. The van der Waals surface area contributed by atoms with Crippen molar-refractivity contribution in [3.63, 3.8) is 0 Å². The fraction of sp³-hybridized carbons (Fsp3) is 0.611. The van der Waals surface area contributed by atoms with Gasteiger partial charge in [-0.3, -0.25) is 4.79 Å². The lowest BCUT2D eigenvalue weighted by Crippen LogP contribution is -2.18. The average molecular weight is 272 g/mol. The molecule has 0 saturated heterocycles. The Morgan fingerprint density at radius 3 is 2.70 bits per heavy atom. The van der Waals surface area contributed by atoms with E-state index in [0.29, 0.717) is 5.78 Å². The second kappa shape index (κ2) is 5.99. The van der Waals surface area contributed by atoms with Crippen LogP contribution < -0.4 is 4.74 Å². The van der Waals surface area contributed by atoms with E-state index in [1.54, 1.807) is 0 Å². The molecule has 1 aromatic rings. The monoisotopic (exact) mass is 272 g/mol. The molecular formula is C18H24O2. The van der Waals surface area contributed by atoms with Gasteiger partial charge in [-0.25, -0.2) is 0 Å². The maximum atomic E-state index is 12.7. The summed E-state index contributed by atoms with van der Waals surface area (Å²) in [6, 6.07) is 4.14. The van der Waals surface area contributed by atoms with Crippen molar-refractivity contribution in [3.05, 3.63) is 28.8 Å². The van der Waals surface area contributed by atoms with Crippen molar-refractivity contribution in [2.24, 2.45) is 5.92 Å². The number of hydrogen-bond donors (Lipinski definition) is 0. The predicted octanol–water partition coefficient (Wildman–Crippen LogP) is 4.47. The first kappa shape index (κ1) is 13.7. The summed E-state index contributed by atoms with van der Waals surface area (Å²) < 4.78 is 5.85. The molecule has 2 aliphatic rings. The number of ether oxygens (including phenoxy) is 1. The summed E-state index contributed by atoms with van der Waals surface area (Å²) >= 11 is 0. The molecule has 0 N–H and O–H groups in total. The third-order valence-corrected chi connectivity index (χ3v) is 4.70. The van der Waals surface area contributed by atoms with Crippen LogP contribution in [0, 0.1) is 12.8 Å². The fourth-order valence-corrected chi connectivity index (χ4v) is 3.57. The number of carbonyl (C=O) groups is 1.